The molecule has 19 heavy (non-hydrogen) atoms. The topological polar surface area (TPSA) is 93.8 Å². The van der Waals surface area contributed by atoms with Crippen LogP contribution in [0.5, 0.6) is 0 Å². The van der Waals surface area contributed by atoms with Crippen LogP contribution >= 0.6 is 11.6 Å². The maximum absolute atomic E-state index is 11.3. The van der Waals surface area contributed by atoms with Crippen molar-refractivity contribution < 1.29 is 14.5 Å². The molecule has 1 aromatic rings. The number of nitro benzene ring substituents is 1. The SMILES string of the molecule is CCOC(=O)/C(C)=N/Nc1ccc([N+](=O)[O-])cc1Cl. The van der Waals surface area contributed by atoms with Gasteiger partial charge in [-0.05, 0) is 19.9 Å². The Hall–Kier alpha value is -2.15. The van der Waals surface area contributed by atoms with Gasteiger partial charge in [-0.3, -0.25) is 15.5 Å². The van der Waals surface area contributed by atoms with Crippen LogP contribution in [-0.2, 0) is 9.53 Å². The molecule has 1 rings (SSSR count). The molecule has 1 N–H and O–H groups in total. The molecule has 0 aliphatic carbocycles. The highest BCUT2D eigenvalue weighted by Crippen LogP contribution is 2.26. The summed E-state index contributed by atoms with van der Waals surface area (Å²) in [6.07, 6.45) is 0. The minimum Gasteiger partial charge on any atom is -0.461 e. The standard InChI is InChI=1S/C11H12ClN3O4/c1-3-19-11(16)7(2)13-14-10-5-4-8(15(17)18)6-9(10)12/h4-6,14H,3H2,1-2H3/b13-7+. The van der Waals surface area contributed by atoms with Crippen LogP contribution in [0.2, 0.25) is 5.02 Å². The van der Waals surface area contributed by atoms with Crippen LogP contribution in [0, 0.1) is 10.1 Å². The predicted molar refractivity (Wildman–Crippen MR) is 71.5 cm³/mol. The summed E-state index contributed by atoms with van der Waals surface area (Å²) in [5.74, 6) is -0.548. The number of esters is 1. The monoisotopic (exact) mass is 285 g/mol. The second-order valence-electron chi connectivity index (χ2n) is 3.45. The lowest BCUT2D eigenvalue weighted by Crippen LogP contribution is -2.15. The molecule has 7 nitrogen and oxygen atoms in total. The molecule has 0 bridgehead atoms. The second kappa shape index (κ2) is 6.69. The number of nitro groups is 1. The summed E-state index contributed by atoms with van der Waals surface area (Å²) in [7, 11) is 0. The van der Waals surface area contributed by atoms with Crippen LogP contribution in [0.15, 0.2) is 23.3 Å². The van der Waals surface area contributed by atoms with E-state index in [1.54, 1.807) is 6.92 Å². The quantitative estimate of drug-likeness (QED) is 0.388. The average molecular weight is 286 g/mol. The number of anilines is 1. The van der Waals surface area contributed by atoms with E-state index in [4.69, 9.17) is 16.3 Å². The summed E-state index contributed by atoms with van der Waals surface area (Å²) in [5.41, 5.74) is 2.91. The third-order valence-electron chi connectivity index (χ3n) is 2.08. The smallest absolute Gasteiger partial charge is 0.354 e. The fraction of sp³-hybridized carbons (Fsp3) is 0.273. The average Bonchev–Trinajstić information content (AvgIpc) is 2.36. The highest BCUT2D eigenvalue weighted by molar-refractivity contribution is 6.36. The number of nitrogens with one attached hydrogen (secondary N) is 1. The molecule has 0 atom stereocenters. The first-order valence-corrected chi connectivity index (χ1v) is 5.74. The maximum atomic E-state index is 11.3. The van der Waals surface area contributed by atoms with Gasteiger partial charge in [0.25, 0.3) is 5.69 Å². The van der Waals surface area contributed by atoms with E-state index in [9.17, 15) is 14.9 Å². The first-order chi connectivity index (χ1) is 8.95. The fourth-order valence-corrected chi connectivity index (χ4v) is 1.35. The van der Waals surface area contributed by atoms with Gasteiger partial charge in [-0.25, -0.2) is 4.79 Å². The zero-order valence-electron chi connectivity index (χ0n) is 10.3. The van der Waals surface area contributed by atoms with Gasteiger partial charge in [0, 0.05) is 12.1 Å². The van der Waals surface area contributed by atoms with Gasteiger partial charge in [-0.1, -0.05) is 11.6 Å². The lowest BCUT2D eigenvalue weighted by molar-refractivity contribution is -0.384. The Kier molecular flexibility index (Phi) is 5.25. The molecule has 0 radical (unpaired) electrons. The number of halogens is 1. The number of non-ortho nitro benzene ring substituents is 1. The van der Waals surface area contributed by atoms with E-state index in [0.29, 0.717) is 5.69 Å². The van der Waals surface area contributed by atoms with Crippen LogP contribution in [0.25, 0.3) is 0 Å². The molecule has 0 saturated carbocycles. The Morgan fingerprint density at radius 2 is 2.26 bits per heavy atom. The van der Waals surface area contributed by atoms with Gasteiger partial charge in [0.1, 0.15) is 5.71 Å². The Labute approximate surface area is 114 Å². The number of hydrogen-bond donors (Lipinski definition) is 1. The molecule has 1 aromatic carbocycles. The largest absolute Gasteiger partial charge is 0.461 e. The summed E-state index contributed by atoms with van der Waals surface area (Å²) in [6.45, 7) is 3.42. The molecule has 102 valence electrons. The van der Waals surface area contributed by atoms with Crippen LogP contribution in [0.4, 0.5) is 11.4 Å². The third kappa shape index (κ3) is 4.22. The molecule has 0 aliphatic heterocycles. The number of hydrazone groups is 1. The predicted octanol–water partition coefficient (Wildman–Crippen LogP) is 2.60. The highest BCUT2D eigenvalue weighted by Gasteiger charge is 2.10. The summed E-state index contributed by atoms with van der Waals surface area (Å²) < 4.78 is 4.74. The van der Waals surface area contributed by atoms with Gasteiger partial charge in [0.2, 0.25) is 0 Å². The molecule has 0 unspecified atom stereocenters. The third-order valence-corrected chi connectivity index (χ3v) is 2.39. The normalized spacial score (nSPS) is 11.0. The number of nitrogens with zero attached hydrogens (tertiary/aromatic N) is 2. The van der Waals surface area contributed by atoms with Crippen LogP contribution < -0.4 is 5.43 Å². The van der Waals surface area contributed by atoms with Crippen molar-refractivity contribution >= 4 is 34.7 Å². The number of rotatable bonds is 5. The maximum Gasteiger partial charge on any atom is 0.354 e. The first-order valence-electron chi connectivity index (χ1n) is 5.37. The molecule has 0 fully saturated rings. The number of benzene rings is 1. The molecule has 0 spiro atoms. The van der Waals surface area contributed by atoms with Crippen molar-refractivity contribution in [2.24, 2.45) is 5.10 Å². The van der Waals surface area contributed by atoms with E-state index < -0.39 is 10.9 Å². The second-order valence-corrected chi connectivity index (χ2v) is 3.86. The number of hydrogen-bond acceptors (Lipinski definition) is 6. The number of carbonyl (C=O) groups excluding carboxylic acids is 1. The lowest BCUT2D eigenvalue weighted by Gasteiger charge is -2.05. The van der Waals surface area contributed by atoms with Crippen molar-refractivity contribution in [3.63, 3.8) is 0 Å². The van der Waals surface area contributed by atoms with Crippen molar-refractivity contribution in [2.75, 3.05) is 12.0 Å². The van der Waals surface area contributed by atoms with Gasteiger partial charge in [0.15, 0.2) is 0 Å². The van der Waals surface area contributed by atoms with E-state index in [-0.39, 0.29) is 23.0 Å². The van der Waals surface area contributed by atoms with Crippen LogP contribution in [-0.4, -0.2) is 23.2 Å². The van der Waals surface area contributed by atoms with Gasteiger partial charge >= 0.3 is 5.97 Å². The zero-order valence-corrected chi connectivity index (χ0v) is 11.1. The lowest BCUT2D eigenvalue weighted by atomic mass is 10.3. The van der Waals surface area contributed by atoms with E-state index >= 15 is 0 Å². The van der Waals surface area contributed by atoms with Gasteiger partial charge in [-0.2, -0.15) is 5.10 Å². The van der Waals surface area contributed by atoms with Crippen molar-refractivity contribution in [1.82, 2.24) is 0 Å². The Morgan fingerprint density at radius 1 is 1.58 bits per heavy atom. The van der Waals surface area contributed by atoms with Crippen molar-refractivity contribution in [2.45, 2.75) is 13.8 Å². The van der Waals surface area contributed by atoms with E-state index in [0.717, 1.165) is 0 Å². The molecular weight excluding hydrogens is 274 g/mol. The Morgan fingerprint density at radius 3 is 2.79 bits per heavy atom. The molecule has 8 heteroatoms. The molecule has 0 aromatic heterocycles. The fourth-order valence-electron chi connectivity index (χ4n) is 1.13. The summed E-state index contributed by atoms with van der Waals surface area (Å²) >= 11 is 5.85. The van der Waals surface area contributed by atoms with E-state index in [1.807, 2.05) is 0 Å². The molecule has 0 saturated heterocycles. The Balaban J connectivity index is 2.81. The summed E-state index contributed by atoms with van der Waals surface area (Å²) in [6, 6.07) is 3.88. The minimum atomic E-state index is -0.553. The molecular formula is C11H12ClN3O4. The van der Waals surface area contributed by atoms with Gasteiger partial charge in [-0.15, -0.1) is 0 Å². The van der Waals surface area contributed by atoms with Gasteiger partial charge < -0.3 is 4.74 Å². The summed E-state index contributed by atoms with van der Waals surface area (Å²) in [4.78, 5) is 21.3. The molecule has 0 aliphatic rings. The van der Waals surface area contributed by atoms with Crippen molar-refractivity contribution in [3.05, 3.63) is 33.3 Å². The summed E-state index contributed by atoms with van der Waals surface area (Å²) in [5, 5.41) is 14.4. The molecule has 0 amide bonds. The zero-order chi connectivity index (χ0) is 14.4. The first kappa shape index (κ1) is 14.9. The van der Waals surface area contributed by atoms with E-state index in [1.165, 1.54) is 25.1 Å². The van der Waals surface area contributed by atoms with Crippen LogP contribution in [0.3, 0.4) is 0 Å². The number of ether oxygens (including phenoxy) is 1. The highest BCUT2D eigenvalue weighted by atomic mass is 35.5. The van der Waals surface area contributed by atoms with Crippen LogP contribution in [0.1, 0.15) is 13.8 Å². The van der Waals surface area contributed by atoms with Gasteiger partial charge in [0.05, 0.1) is 22.2 Å². The van der Waals surface area contributed by atoms with Crippen molar-refractivity contribution in [1.29, 1.82) is 0 Å². The number of carbonyl (C=O) groups is 1. The van der Waals surface area contributed by atoms with Crippen molar-refractivity contribution in [3.8, 4) is 0 Å². The van der Waals surface area contributed by atoms with E-state index in [2.05, 4.69) is 10.5 Å². The Bertz CT molecular complexity index is 531. The molecule has 0 heterocycles. The minimum absolute atomic E-state index is 0.122.